The van der Waals surface area contributed by atoms with Crippen molar-refractivity contribution in [2.45, 2.75) is 76.7 Å². The molecule has 2 N–H and O–H groups in total. The molecule has 0 aliphatic heterocycles. The number of carbonyl (C=O) groups is 1. The number of aryl methyl sites for hydroxylation is 1. The molecule has 2 aliphatic rings. The Morgan fingerprint density at radius 3 is 2.53 bits per heavy atom. The number of rotatable bonds is 5. The maximum atomic E-state index is 14.0. The van der Waals surface area contributed by atoms with Crippen LogP contribution in [0.15, 0.2) is 42.6 Å². The quantitative estimate of drug-likeness (QED) is 0.334. The first-order chi connectivity index (χ1) is 17.4. The fourth-order valence-corrected chi connectivity index (χ4v) is 6.57. The molecule has 2 aliphatic carbocycles. The van der Waals surface area contributed by atoms with E-state index in [0.717, 1.165) is 59.0 Å². The van der Waals surface area contributed by atoms with Crippen LogP contribution in [0.3, 0.4) is 0 Å². The van der Waals surface area contributed by atoms with Crippen LogP contribution in [0.1, 0.15) is 97.1 Å². The molecule has 1 unspecified atom stereocenters. The van der Waals surface area contributed by atoms with Crippen LogP contribution in [-0.4, -0.2) is 20.4 Å². The second-order valence-corrected chi connectivity index (χ2v) is 10.9. The third-order valence-corrected chi connectivity index (χ3v) is 8.79. The summed E-state index contributed by atoms with van der Waals surface area (Å²) in [5, 5.41) is 0.946. The number of imidazole rings is 1. The van der Waals surface area contributed by atoms with E-state index in [2.05, 4.69) is 29.5 Å². The van der Waals surface area contributed by atoms with E-state index < -0.39 is 5.91 Å². The summed E-state index contributed by atoms with van der Waals surface area (Å²) >= 11 is 0. The number of hydrogen-bond donors (Lipinski definition) is 1. The molecule has 0 radical (unpaired) electrons. The summed E-state index contributed by atoms with van der Waals surface area (Å²) in [4.78, 5) is 21.4. The van der Waals surface area contributed by atoms with E-state index in [-0.39, 0.29) is 5.82 Å². The molecule has 1 amide bonds. The van der Waals surface area contributed by atoms with Gasteiger partial charge in [-0.1, -0.05) is 6.92 Å². The molecule has 36 heavy (non-hydrogen) atoms. The van der Waals surface area contributed by atoms with Crippen LogP contribution in [0.4, 0.5) is 4.39 Å². The zero-order valence-electron chi connectivity index (χ0n) is 21.0. The van der Waals surface area contributed by atoms with E-state index in [1.165, 1.54) is 30.9 Å². The summed E-state index contributed by atoms with van der Waals surface area (Å²) < 4.78 is 16.5. The van der Waals surface area contributed by atoms with Gasteiger partial charge in [-0.05, 0) is 111 Å². The lowest BCUT2D eigenvalue weighted by Crippen LogP contribution is -2.25. The molecular formula is C30H33FN4O. The molecular weight excluding hydrogens is 451 g/mol. The van der Waals surface area contributed by atoms with E-state index in [9.17, 15) is 9.18 Å². The zero-order chi connectivity index (χ0) is 25.0. The molecule has 186 valence electrons. The molecule has 6 heteroatoms. The number of halogens is 1. The van der Waals surface area contributed by atoms with Crippen LogP contribution in [0.5, 0.6) is 0 Å². The van der Waals surface area contributed by atoms with Crippen molar-refractivity contribution in [3.05, 3.63) is 70.9 Å². The Kier molecular flexibility index (Phi) is 5.78. The average molecular weight is 485 g/mol. The number of carbonyl (C=O) groups excluding carboxylic acids is 1. The number of nitrogens with zero attached hydrogens (tertiary/aromatic N) is 3. The molecule has 0 spiro atoms. The standard InChI is InChI=1S/C30H33FN4O/c1-17-14-21(29(32)36)15-27-28(17)35(23-4-3-5-23)30(34-27)18(2)19-6-8-20(9-7-19)24-12-13-33-26-11-10-22(31)16-25(24)26/h10-16,18-20,23H,3-9H2,1-2H3,(H2,32,36). The van der Waals surface area contributed by atoms with Gasteiger partial charge in [-0.25, -0.2) is 9.37 Å². The van der Waals surface area contributed by atoms with Crippen molar-refractivity contribution in [3.63, 3.8) is 0 Å². The smallest absolute Gasteiger partial charge is 0.248 e. The number of primary amides is 1. The minimum Gasteiger partial charge on any atom is -0.366 e. The van der Waals surface area contributed by atoms with Gasteiger partial charge < -0.3 is 10.3 Å². The van der Waals surface area contributed by atoms with Gasteiger partial charge in [0.05, 0.1) is 16.6 Å². The lowest BCUT2D eigenvalue weighted by atomic mass is 9.73. The molecule has 1 atom stereocenters. The first kappa shape index (κ1) is 23.1. The maximum Gasteiger partial charge on any atom is 0.248 e. The number of amides is 1. The van der Waals surface area contributed by atoms with Gasteiger partial charge in [-0.3, -0.25) is 9.78 Å². The van der Waals surface area contributed by atoms with Crippen molar-refractivity contribution < 1.29 is 9.18 Å². The first-order valence-electron chi connectivity index (χ1n) is 13.3. The fourth-order valence-electron chi connectivity index (χ4n) is 6.57. The summed E-state index contributed by atoms with van der Waals surface area (Å²) in [5.74, 6) is 1.82. The van der Waals surface area contributed by atoms with Crippen LogP contribution >= 0.6 is 0 Å². The van der Waals surface area contributed by atoms with Crippen molar-refractivity contribution in [1.82, 2.24) is 14.5 Å². The van der Waals surface area contributed by atoms with Crippen LogP contribution < -0.4 is 5.73 Å². The van der Waals surface area contributed by atoms with Gasteiger partial charge in [0.1, 0.15) is 11.6 Å². The highest BCUT2D eigenvalue weighted by Gasteiger charge is 2.33. The van der Waals surface area contributed by atoms with Crippen LogP contribution in [0, 0.1) is 18.7 Å². The number of benzene rings is 2. The van der Waals surface area contributed by atoms with Gasteiger partial charge >= 0.3 is 0 Å². The molecule has 6 rings (SSSR count). The van der Waals surface area contributed by atoms with Crippen LogP contribution in [-0.2, 0) is 0 Å². The third kappa shape index (κ3) is 3.87. The van der Waals surface area contributed by atoms with Crippen LogP contribution in [0.25, 0.3) is 21.9 Å². The van der Waals surface area contributed by atoms with Gasteiger partial charge in [0, 0.05) is 29.1 Å². The highest BCUT2D eigenvalue weighted by molar-refractivity contribution is 5.97. The predicted octanol–water partition coefficient (Wildman–Crippen LogP) is 6.93. The topological polar surface area (TPSA) is 73.8 Å². The lowest BCUT2D eigenvalue weighted by molar-refractivity contribution is 0.100. The molecule has 2 heterocycles. The Labute approximate surface area is 210 Å². The molecule has 2 saturated carbocycles. The SMILES string of the molecule is Cc1cc(C(N)=O)cc2nc(C(C)C3CCC(c4ccnc5ccc(F)cc45)CC3)n(C3CCC3)c12. The molecule has 2 fully saturated rings. The second-order valence-electron chi connectivity index (χ2n) is 10.9. The number of fused-ring (bicyclic) bond motifs is 2. The normalized spacial score (nSPS) is 21.5. The fraction of sp³-hybridized carbons (Fsp3) is 0.433. The molecule has 4 aromatic rings. The summed E-state index contributed by atoms with van der Waals surface area (Å²) in [6.45, 7) is 4.38. The largest absolute Gasteiger partial charge is 0.366 e. The van der Waals surface area contributed by atoms with Crippen LogP contribution in [0.2, 0.25) is 0 Å². The van der Waals surface area contributed by atoms with Crippen molar-refractivity contribution in [3.8, 4) is 0 Å². The monoisotopic (exact) mass is 484 g/mol. The van der Waals surface area contributed by atoms with Gasteiger partial charge in [-0.15, -0.1) is 0 Å². The van der Waals surface area contributed by atoms with E-state index in [1.54, 1.807) is 12.1 Å². The Morgan fingerprint density at radius 1 is 1.06 bits per heavy atom. The van der Waals surface area contributed by atoms with Crippen molar-refractivity contribution in [2.75, 3.05) is 0 Å². The minimum atomic E-state index is -0.408. The number of hydrogen-bond acceptors (Lipinski definition) is 3. The highest BCUT2D eigenvalue weighted by atomic mass is 19.1. The Hall–Kier alpha value is -3.28. The van der Waals surface area contributed by atoms with Crippen molar-refractivity contribution in [2.24, 2.45) is 11.7 Å². The molecule has 0 saturated heterocycles. The maximum absolute atomic E-state index is 14.0. The van der Waals surface area contributed by atoms with E-state index in [1.807, 2.05) is 18.3 Å². The van der Waals surface area contributed by atoms with Gasteiger partial charge in [0.25, 0.3) is 0 Å². The highest BCUT2D eigenvalue weighted by Crippen LogP contribution is 2.45. The Balaban J connectivity index is 1.29. The van der Waals surface area contributed by atoms with E-state index in [4.69, 9.17) is 10.7 Å². The first-order valence-corrected chi connectivity index (χ1v) is 13.3. The predicted molar refractivity (Wildman–Crippen MR) is 141 cm³/mol. The van der Waals surface area contributed by atoms with E-state index >= 15 is 0 Å². The summed E-state index contributed by atoms with van der Waals surface area (Å²) in [7, 11) is 0. The molecule has 2 aromatic heterocycles. The molecule has 0 bridgehead atoms. The summed E-state index contributed by atoms with van der Waals surface area (Å²) in [5.41, 5.74) is 11.3. The molecule has 2 aromatic carbocycles. The zero-order valence-corrected chi connectivity index (χ0v) is 21.0. The number of aromatic nitrogens is 3. The molecule has 5 nitrogen and oxygen atoms in total. The third-order valence-electron chi connectivity index (χ3n) is 8.79. The Morgan fingerprint density at radius 2 is 1.83 bits per heavy atom. The van der Waals surface area contributed by atoms with E-state index in [0.29, 0.717) is 29.4 Å². The Bertz CT molecular complexity index is 1460. The van der Waals surface area contributed by atoms with Crippen molar-refractivity contribution >= 4 is 27.8 Å². The van der Waals surface area contributed by atoms with Crippen molar-refractivity contribution in [1.29, 1.82) is 0 Å². The second kappa shape index (κ2) is 8.99. The van der Waals surface area contributed by atoms with Gasteiger partial charge in [-0.2, -0.15) is 0 Å². The average Bonchev–Trinajstić information content (AvgIpc) is 3.21. The van der Waals surface area contributed by atoms with Gasteiger partial charge in [0.15, 0.2) is 0 Å². The number of nitrogens with two attached hydrogens (primary N) is 1. The summed E-state index contributed by atoms with van der Waals surface area (Å²) in [6, 6.07) is 11.2. The minimum absolute atomic E-state index is 0.205. The summed E-state index contributed by atoms with van der Waals surface area (Å²) in [6.07, 6.45) is 9.87. The lowest BCUT2D eigenvalue weighted by Gasteiger charge is -2.35. The number of pyridine rings is 1. The van der Waals surface area contributed by atoms with Gasteiger partial charge in [0.2, 0.25) is 5.91 Å².